The highest BCUT2D eigenvalue weighted by Crippen LogP contribution is 2.26. The summed E-state index contributed by atoms with van der Waals surface area (Å²) in [7, 11) is 0. The van der Waals surface area contributed by atoms with Crippen molar-refractivity contribution in [1.82, 2.24) is 9.80 Å². The zero-order valence-corrected chi connectivity index (χ0v) is 22.1. The second-order valence-electron chi connectivity index (χ2n) is 10.1. The van der Waals surface area contributed by atoms with Crippen LogP contribution in [0.1, 0.15) is 44.7 Å². The number of carboxylic acid groups (broad SMARTS) is 1. The van der Waals surface area contributed by atoms with Crippen LogP contribution in [0, 0.1) is 0 Å². The van der Waals surface area contributed by atoms with Gasteiger partial charge < -0.3 is 14.7 Å². The molecule has 1 atom stereocenters. The van der Waals surface area contributed by atoms with Crippen LogP contribution in [0.5, 0.6) is 5.75 Å². The molecule has 0 radical (unpaired) electrons. The Hall–Kier alpha value is -4.13. The minimum atomic E-state index is -1.31. The summed E-state index contributed by atoms with van der Waals surface area (Å²) in [5.41, 5.74) is 0.659. The number of fused-ring (bicyclic) bond motifs is 1. The van der Waals surface area contributed by atoms with Crippen molar-refractivity contribution >= 4 is 28.7 Å². The molecular weight excluding hydrogens is 480 g/mol. The van der Waals surface area contributed by atoms with Gasteiger partial charge in [0.25, 0.3) is 5.91 Å². The summed E-state index contributed by atoms with van der Waals surface area (Å²) in [6.45, 7) is 5.55. The van der Waals surface area contributed by atoms with E-state index in [4.69, 9.17) is 4.74 Å². The average molecular weight is 515 g/mol. The van der Waals surface area contributed by atoms with Crippen molar-refractivity contribution in [2.75, 3.05) is 6.54 Å². The van der Waals surface area contributed by atoms with Gasteiger partial charge in [-0.25, -0.2) is 9.59 Å². The van der Waals surface area contributed by atoms with E-state index in [9.17, 15) is 19.5 Å². The molecule has 7 heteroatoms. The maximum atomic E-state index is 13.4. The minimum absolute atomic E-state index is 0.160. The number of hydrogen-bond acceptors (Lipinski definition) is 4. The molecule has 1 unspecified atom stereocenters. The summed E-state index contributed by atoms with van der Waals surface area (Å²) < 4.78 is 5.57. The highest BCUT2D eigenvalue weighted by atomic mass is 16.5. The van der Waals surface area contributed by atoms with Gasteiger partial charge >= 0.3 is 12.0 Å². The Morgan fingerprint density at radius 3 is 2.37 bits per heavy atom. The van der Waals surface area contributed by atoms with E-state index in [0.29, 0.717) is 18.7 Å². The van der Waals surface area contributed by atoms with Crippen LogP contribution in [0.2, 0.25) is 0 Å². The molecule has 1 fully saturated rings. The van der Waals surface area contributed by atoms with Crippen LogP contribution in [-0.4, -0.2) is 51.0 Å². The molecule has 3 aromatic carbocycles. The number of imide groups is 1. The standard InChI is InChI=1S/C31H34N2O5/c1-4-5-19-32-27(12-8-9-22-14-17-26(18-15-22)38-31(2,3)29(35)36)28(34)33(30(32)37)21-23-13-16-24-10-6-7-11-25(24)20-23/h4-7,10-11,13-18,20,27H,8-9,12,19,21H2,1-3H3,(H,35,36)/b5-4+. The van der Waals surface area contributed by atoms with Crippen LogP contribution in [0.3, 0.4) is 0 Å². The first-order valence-corrected chi connectivity index (χ1v) is 12.9. The number of ether oxygens (including phenoxy) is 1. The van der Waals surface area contributed by atoms with Gasteiger partial charge in [0.05, 0.1) is 6.54 Å². The minimum Gasteiger partial charge on any atom is -0.478 e. The van der Waals surface area contributed by atoms with Crippen LogP contribution in [0.4, 0.5) is 4.79 Å². The molecule has 3 aromatic rings. The number of hydrogen-bond donors (Lipinski definition) is 1. The van der Waals surface area contributed by atoms with Gasteiger partial charge in [-0.1, -0.05) is 60.7 Å². The number of nitrogens with zero attached hydrogens (tertiary/aromatic N) is 2. The third-order valence-corrected chi connectivity index (χ3v) is 6.85. The molecule has 0 bridgehead atoms. The van der Waals surface area contributed by atoms with E-state index in [1.165, 1.54) is 18.7 Å². The van der Waals surface area contributed by atoms with Gasteiger partial charge in [-0.2, -0.15) is 0 Å². The predicted octanol–water partition coefficient (Wildman–Crippen LogP) is 5.81. The Morgan fingerprint density at radius 1 is 1.00 bits per heavy atom. The van der Waals surface area contributed by atoms with E-state index in [2.05, 4.69) is 0 Å². The van der Waals surface area contributed by atoms with Crippen LogP contribution >= 0.6 is 0 Å². The molecule has 0 aromatic heterocycles. The normalized spacial score (nSPS) is 16.1. The highest BCUT2D eigenvalue weighted by molar-refractivity contribution is 6.04. The lowest BCUT2D eigenvalue weighted by atomic mass is 10.0. The Bertz CT molecular complexity index is 1350. The van der Waals surface area contributed by atoms with Gasteiger partial charge in [0.15, 0.2) is 5.60 Å². The molecular formula is C31H34N2O5. The van der Waals surface area contributed by atoms with Crippen molar-refractivity contribution in [3.8, 4) is 5.75 Å². The lowest BCUT2D eigenvalue weighted by Crippen LogP contribution is -2.37. The molecule has 1 N–H and O–H groups in total. The van der Waals surface area contributed by atoms with E-state index < -0.39 is 17.6 Å². The van der Waals surface area contributed by atoms with Gasteiger partial charge in [0, 0.05) is 6.54 Å². The average Bonchev–Trinajstić information content (AvgIpc) is 3.11. The Balaban J connectivity index is 1.41. The molecule has 0 aliphatic carbocycles. The Morgan fingerprint density at radius 2 is 1.68 bits per heavy atom. The molecule has 0 spiro atoms. The number of carboxylic acids is 1. The number of urea groups is 1. The van der Waals surface area contributed by atoms with Crippen molar-refractivity contribution in [2.45, 2.75) is 58.2 Å². The van der Waals surface area contributed by atoms with Crippen LogP contribution < -0.4 is 4.74 Å². The highest BCUT2D eigenvalue weighted by Gasteiger charge is 2.43. The van der Waals surface area contributed by atoms with Gasteiger partial charge in [-0.3, -0.25) is 9.69 Å². The third kappa shape index (κ3) is 6.05. The number of allylic oxidation sites excluding steroid dienone is 1. The Labute approximate surface area is 223 Å². The predicted molar refractivity (Wildman–Crippen MR) is 147 cm³/mol. The monoisotopic (exact) mass is 514 g/mol. The summed E-state index contributed by atoms with van der Waals surface area (Å²) in [6.07, 6.45) is 5.79. The molecule has 198 valence electrons. The molecule has 1 aliphatic rings. The smallest absolute Gasteiger partial charge is 0.347 e. The number of rotatable bonds is 11. The SMILES string of the molecule is C/C=C/CN1C(=O)N(Cc2ccc3ccccc3c2)C(=O)C1CCCc1ccc(OC(C)(C)C(=O)O)cc1. The topological polar surface area (TPSA) is 87.2 Å². The first kappa shape index (κ1) is 26.9. The summed E-state index contributed by atoms with van der Waals surface area (Å²) in [6, 6.07) is 20.6. The van der Waals surface area contributed by atoms with E-state index in [0.717, 1.165) is 34.7 Å². The molecule has 1 heterocycles. The van der Waals surface area contributed by atoms with Gasteiger partial charge in [-0.15, -0.1) is 0 Å². The molecule has 1 saturated heterocycles. The molecule has 4 rings (SSSR count). The van der Waals surface area contributed by atoms with Crippen LogP contribution in [0.15, 0.2) is 78.9 Å². The number of amides is 3. The quantitative estimate of drug-likeness (QED) is 0.258. The zero-order valence-electron chi connectivity index (χ0n) is 22.1. The van der Waals surface area contributed by atoms with E-state index >= 15 is 0 Å². The summed E-state index contributed by atoms with van der Waals surface area (Å²) in [5, 5.41) is 11.4. The first-order chi connectivity index (χ1) is 18.2. The van der Waals surface area contributed by atoms with Crippen LogP contribution in [0.25, 0.3) is 10.8 Å². The zero-order chi connectivity index (χ0) is 27.3. The third-order valence-electron chi connectivity index (χ3n) is 6.85. The number of aliphatic carboxylic acids is 1. The van der Waals surface area contributed by atoms with Crippen molar-refractivity contribution < 1.29 is 24.2 Å². The summed E-state index contributed by atoms with van der Waals surface area (Å²) in [5.74, 6) is -0.707. The maximum absolute atomic E-state index is 13.4. The van der Waals surface area contributed by atoms with Crippen molar-refractivity contribution in [1.29, 1.82) is 0 Å². The number of aryl methyl sites for hydroxylation is 1. The van der Waals surface area contributed by atoms with Gasteiger partial charge in [0.2, 0.25) is 0 Å². The van der Waals surface area contributed by atoms with Crippen LogP contribution in [-0.2, 0) is 22.6 Å². The van der Waals surface area contributed by atoms with E-state index in [-0.39, 0.29) is 18.5 Å². The lowest BCUT2D eigenvalue weighted by molar-refractivity contribution is -0.152. The van der Waals surface area contributed by atoms with E-state index in [1.807, 2.05) is 73.7 Å². The summed E-state index contributed by atoms with van der Waals surface area (Å²) in [4.78, 5) is 41.0. The van der Waals surface area contributed by atoms with Gasteiger partial charge in [-0.05, 0) is 80.1 Å². The molecule has 7 nitrogen and oxygen atoms in total. The number of carbonyl (C=O) groups is 3. The van der Waals surface area contributed by atoms with Crippen molar-refractivity contribution in [2.24, 2.45) is 0 Å². The van der Waals surface area contributed by atoms with Gasteiger partial charge in [0.1, 0.15) is 11.8 Å². The fourth-order valence-corrected chi connectivity index (χ4v) is 4.63. The van der Waals surface area contributed by atoms with Crippen molar-refractivity contribution in [3.05, 3.63) is 90.0 Å². The Kier molecular flexibility index (Phi) is 8.15. The second kappa shape index (κ2) is 11.5. The molecule has 3 amide bonds. The molecule has 1 aliphatic heterocycles. The first-order valence-electron chi connectivity index (χ1n) is 12.9. The fraction of sp³-hybridized carbons (Fsp3) is 0.323. The number of carbonyl (C=O) groups excluding carboxylic acids is 2. The molecule has 0 saturated carbocycles. The van der Waals surface area contributed by atoms with E-state index in [1.54, 1.807) is 17.0 Å². The lowest BCUT2D eigenvalue weighted by Gasteiger charge is -2.21. The molecule has 38 heavy (non-hydrogen) atoms. The largest absolute Gasteiger partial charge is 0.478 e. The fourth-order valence-electron chi connectivity index (χ4n) is 4.63. The van der Waals surface area contributed by atoms with Crippen molar-refractivity contribution in [3.63, 3.8) is 0 Å². The number of benzene rings is 3. The summed E-state index contributed by atoms with van der Waals surface area (Å²) >= 11 is 0. The second-order valence-corrected chi connectivity index (χ2v) is 10.1. The maximum Gasteiger partial charge on any atom is 0.347 e.